The fraction of sp³-hybridized carbons (Fsp3) is 0.280. The van der Waals surface area contributed by atoms with Gasteiger partial charge in [-0.15, -0.1) is 0 Å². The van der Waals surface area contributed by atoms with Gasteiger partial charge in [0.1, 0.15) is 5.65 Å². The van der Waals surface area contributed by atoms with Crippen LogP contribution in [0.4, 0.5) is 0 Å². The van der Waals surface area contributed by atoms with Gasteiger partial charge < -0.3 is 9.30 Å². The van der Waals surface area contributed by atoms with Crippen LogP contribution >= 0.6 is 0 Å². The molecule has 4 aromatic rings. The van der Waals surface area contributed by atoms with Crippen molar-refractivity contribution < 1.29 is 4.79 Å². The highest BCUT2D eigenvalue weighted by Crippen LogP contribution is 2.20. The molecule has 1 aliphatic heterocycles. The number of carbonyl (C=O) groups is 1. The lowest BCUT2D eigenvalue weighted by Crippen LogP contribution is -2.47. The first-order chi connectivity index (χ1) is 15.6. The average molecular weight is 427 g/mol. The van der Waals surface area contributed by atoms with Crippen molar-refractivity contribution >= 4 is 11.6 Å². The van der Waals surface area contributed by atoms with E-state index < -0.39 is 0 Å². The van der Waals surface area contributed by atoms with Crippen LogP contribution in [0, 0.1) is 0 Å². The van der Waals surface area contributed by atoms with E-state index >= 15 is 0 Å². The van der Waals surface area contributed by atoms with Crippen molar-refractivity contribution in [1.82, 2.24) is 29.2 Å². The minimum absolute atomic E-state index is 0.163. The van der Waals surface area contributed by atoms with Crippen molar-refractivity contribution in [2.75, 3.05) is 26.2 Å². The number of pyridine rings is 3. The minimum atomic E-state index is 0.163. The van der Waals surface area contributed by atoms with Crippen molar-refractivity contribution in [3.05, 3.63) is 84.3 Å². The molecule has 0 unspecified atom stereocenters. The molecule has 1 amide bonds. The molecule has 5 heterocycles. The summed E-state index contributed by atoms with van der Waals surface area (Å²) in [4.78, 5) is 29.4. The molecule has 0 aromatic carbocycles. The molecule has 1 saturated heterocycles. The number of hydrogen-bond acceptors (Lipinski definition) is 5. The molecule has 0 bridgehead atoms. The second kappa shape index (κ2) is 8.88. The molecule has 5 rings (SSSR count). The van der Waals surface area contributed by atoms with E-state index in [1.165, 1.54) is 5.56 Å². The maximum atomic E-state index is 11.5. The summed E-state index contributed by atoms with van der Waals surface area (Å²) in [7, 11) is 0. The monoisotopic (exact) mass is 426 g/mol. The molecule has 7 heteroatoms. The van der Waals surface area contributed by atoms with Gasteiger partial charge in [0, 0.05) is 88.3 Å². The van der Waals surface area contributed by atoms with Crippen LogP contribution in [0.1, 0.15) is 23.9 Å². The van der Waals surface area contributed by atoms with Crippen molar-refractivity contribution in [1.29, 1.82) is 0 Å². The van der Waals surface area contributed by atoms with Gasteiger partial charge in [0.05, 0.1) is 5.69 Å². The highest BCUT2D eigenvalue weighted by atomic mass is 16.2. The van der Waals surface area contributed by atoms with Gasteiger partial charge in [0.2, 0.25) is 5.91 Å². The fourth-order valence-corrected chi connectivity index (χ4v) is 4.22. The van der Waals surface area contributed by atoms with E-state index in [-0.39, 0.29) is 5.91 Å². The standard InChI is InChI=1S/C25H26N6O/c1-19(32)30-11-9-29(10-12-30)16-20-6-8-27-23(13-20)14-24-18-31-17-22(4-5-25(31)28-24)21-3-2-7-26-15-21/h2-8,13,15,17-18H,9-12,14,16H2,1H3. The van der Waals surface area contributed by atoms with E-state index in [4.69, 9.17) is 4.98 Å². The fourth-order valence-electron chi connectivity index (χ4n) is 4.22. The highest BCUT2D eigenvalue weighted by molar-refractivity contribution is 5.73. The van der Waals surface area contributed by atoms with Crippen LogP contribution < -0.4 is 0 Å². The molecule has 0 aliphatic carbocycles. The van der Waals surface area contributed by atoms with E-state index in [0.717, 1.165) is 60.9 Å². The SMILES string of the molecule is CC(=O)N1CCN(Cc2ccnc(Cc3cn4cc(-c5cccnc5)ccc4n3)c2)CC1. The Hall–Kier alpha value is -3.58. The topological polar surface area (TPSA) is 66.6 Å². The molecule has 4 aromatic heterocycles. The van der Waals surface area contributed by atoms with Crippen LogP contribution in [0.15, 0.2) is 67.4 Å². The zero-order valence-electron chi connectivity index (χ0n) is 18.2. The summed E-state index contributed by atoms with van der Waals surface area (Å²) in [6, 6.07) is 12.4. The first-order valence-electron chi connectivity index (χ1n) is 10.9. The van der Waals surface area contributed by atoms with Gasteiger partial charge in [-0.05, 0) is 41.5 Å². The zero-order chi connectivity index (χ0) is 21.9. The smallest absolute Gasteiger partial charge is 0.219 e. The number of fused-ring (bicyclic) bond motifs is 1. The van der Waals surface area contributed by atoms with E-state index in [1.807, 2.05) is 29.4 Å². The number of imidazole rings is 1. The van der Waals surface area contributed by atoms with Crippen LogP contribution in [-0.2, 0) is 17.8 Å². The lowest BCUT2D eigenvalue weighted by atomic mass is 10.1. The quantitative estimate of drug-likeness (QED) is 0.491. The number of nitrogens with zero attached hydrogens (tertiary/aromatic N) is 6. The Balaban J connectivity index is 1.28. The van der Waals surface area contributed by atoms with Crippen molar-refractivity contribution in [2.24, 2.45) is 0 Å². The second-order valence-electron chi connectivity index (χ2n) is 8.27. The number of carbonyl (C=O) groups excluding carboxylic acids is 1. The lowest BCUT2D eigenvalue weighted by molar-refractivity contribution is -0.130. The Morgan fingerprint density at radius 2 is 1.84 bits per heavy atom. The maximum Gasteiger partial charge on any atom is 0.219 e. The van der Waals surface area contributed by atoms with Crippen LogP contribution in [0.3, 0.4) is 0 Å². The molecule has 1 fully saturated rings. The molecule has 32 heavy (non-hydrogen) atoms. The summed E-state index contributed by atoms with van der Waals surface area (Å²) in [6.07, 6.45) is 10.4. The van der Waals surface area contributed by atoms with Crippen molar-refractivity contribution in [3.8, 4) is 11.1 Å². The third kappa shape index (κ3) is 4.53. The molecule has 0 spiro atoms. The summed E-state index contributed by atoms with van der Waals surface area (Å²) >= 11 is 0. The lowest BCUT2D eigenvalue weighted by Gasteiger charge is -2.34. The molecule has 0 radical (unpaired) electrons. The van der Waals surface area contributed by atoms with Gasteiger partial charge >= 0.3 is 0 Å². The van der Waals surface area contributed by atoms with Crippen molar-refractivity contribution in [2.45, 2.75) is 19.9 Å². The molecule has 0 N–H and O–H groups in total. The van der Waals surface area contributed by atoms with E-state index in [2.05, 4.69) is 55.9 Å². The maximum absolute atomic E-state index is 11.5. The summed E-state index contributed by atoms with van der Waals surface area (Å²) in [5.74, 6) is 0.163. The van der Waals surface area contributed by atoms with E-state index in [0.29, 0.717) is 6.42 Å². The van der Waals surface area contributed by atoms with Crippen LogP contribution in [0.25, 0.3) is 16.8 Å². The number of hydrogen-bond donors (Lipinski definition) is 0. The van der Waals surface area contributed by atoms with Crippen LogP contribution in [0.5, 0.6) is 0 Å². The third-order valence-corrected chi connectivity index (χ3v) is 5.96. The summed E-state index contributed by atoms with van der Waals surface area (Å²) in [5, 5.41) is 0. The molecule has 0 saturated carbocycles. The summed E-state index contributed by atoms with van der Waals surface area (Å²) in [5.41, 5.74) is 6.37. The molecule has 162 valence electrons. The Bertz CT molecular complexity index is 1230. The highest BCUT2D eigenvalue weighted by Gasteiger charge is 2.18. The van der Waals surface area contributed by atoms with Crippen molar-refractivity contribution in [3.63, 3.8) is 0 Å². The van der Waals surface area contributed by atoms with Gasteiger partial charge in [-0.3, -0.25) is 19.7 Å². The molecular weight excluding hydrogens is 400 g/mol. The van der Waals surface area contributed by atoms with Gasteiger partial charge in [-0.1, -0.05) is 6.07 Å². The molecule has 1 aliphatic rings. The largest absolute Gasteiger partial charge is 0.340 e. The Morgan fingerprint density at radius 1 is 0.969 bits per heavy atom. The minimum Gasteiger partial charge on any atom is -0.340 e. The predicted molar refractivity (Wildman–Crippen MR) is 123 cm³/mol. The predicted octanol–water partition coefficient (Wildman–Crippen LogP) is 3.05. The Labute approximate surface area is 187 Å². The molecular formula is C25H26N6O. The Kier molecular flexibility index (Phi) is 5.64. The number of aromatic nitrogens is 4. The first kappa shape index (κ1) is 20.3. The Morgan fingerprint density at radius 3 is 2.62 bits per heavy atom. The van der Waals surface area contributed by atoms with Crippen LogP contribution in [0.2, 0.25) is 0 Å². The number of rotatable bonds is 5. The summed E-state index contributed by atoms with van der Waals surface area (Å²) in [6.45, 7) is 5.93. The van der Waals surface area contributed by atoms with E-state index in [1.54, 1.807) is 13.1 Å². The number of piperazine rings is 1. The molecule has 7 nitrogen and oxygen atoms in total. The zero-order valence-corrected chi connectivity index (χ0v) is 18.2. The van der Waals surface area contributed by atoms with Gasteiger partial charge in [-0.2, -0.15) is 0 Å². The normalized spacial score (nSPS) is 14.7. The van der Waals surface area contributed by atoms with Gasteiger partial charge in [0.25, 0.3) is 0 Å². The molecule has 0 atom stereocenters. The summed E-state index contributed by atoms with van der Waals surface area (Å²) < 4.78 is 2.07. The first-order valence-corrected chi connectivity index (χ1v) is 10.9. The van der Waals surface area contributed by atoms with Gasteiger partial charge in [0.15, 0.2) is 0 Å². The van der Waals surface area contributed by atoms with Crippen LogP contribution in [-0.4, -0.2) is 61.2 Å². The second-order valence-corrected chi connectivity index (χ2v) is 8.27. The number of amides is 1. The van der Waals surface area contributed by atoms with Gasteiger partial charge in [-0.25, -0.2) is 4.98 Å². The third-order valence-electron chi connectivity index (χ3n) is 5.96. The van der Waals surface area contributed by atoms with E-state index in [9.17, 15) is 4.79 Å². The average Bonchev–Trinajstić information content (AvgIpc) is 3.21.